The zero-order valence-electron chi connectivity index (χ0n) is 10.0. The highest BCUT2D eigenvalue weighted by Gasteiger charge is 2.16. The van der Waals surface area contributed by atoms with E-state index < -0.39 is 5.97 Å². The number of amides is 1. The number of aryl methyl sites for hydroxylation is 1. The maximum absolute atomic E-state index is 12.0. The van der Waals surface area contributed by atoms with Crippen LogP contribution in [0.2, 0.25) is 0 Å². The number of nitrogens with one attached hydrogen (secondary N) is 2. The lowest BCUT2D eigenvalue weighted by Crippen LogP contribution is -2.14. The van der Waals surface area contributed by atoms with Gasteiger partial charge in [0.05, 0.1) is 5.69 Å². The van der Waals surface area contributed by atoms with Crippen molar-refractivity contribution >= 4 is 40.2 Å². The third-order valence-electron chi connectivity index (χ3n) is 2.52. The molecule has 1 aromatic heterocycles. The van der Waals surface area contributed by atoms with Gasteiger partial charge in [-0.1, -0.05) is 0 Å². The largest absolute Gasteiger partial charge is 0.477 e. The van der Waals surface area contributed by atoms with Crippen molar-refractivity contribution in [3.8, 4) is 0 Å². The van der Waals surface area contributed by atoms with E-state index in [1.807, 2.05) is 12.1 Å². The SMILES string of the molecule is Cc1cc(NC(=O)c2ccc(I)cc2)c(C(=O)O)[nH]1. The molecule has 0 atom stereocenters. The first-order valence-electron chi connectivity index (χ1n) is 5.47. The second-order valence-electron chi connectivity index (χ2n) is 4.01. The second-order valence-corrected chi connectivity index (χ2v) is 5.25. The summed E-state index contributed by atoms with van der Waals surface area (Å²) >= 11 is 2.15. The highest BCUT2D eigenvalue weighted by Crippen LogP contribution is 2.18. The molecular formula is C13H11IN2O3. The summed E-state index contributed by atoms with van der Waals surface area (Å²) in [6, 6.07) is 8.61. The van der Waals surface area contributed by atoms with E-state index in [1.165, 1.54) is 0 Å². The normalized spacial score (nSPS) is 10.2. The van der Waals surface area contributed by atoms with Gasteiger partial charge in [-0.3, -0.25) is 4.79 Å². The van der Waals surface area contributed by atoms with Crippen molar-refractivity contribution in [2.24, 2.45) is 0 Å². The van der Waals surface area contributed by atoms with E-state index >= 15 is 0 Å². The lowest BCUT2D eigenvalue weighted by Gasteiger charge is -2.04. The Morgan fingerprint density at radius 3 is 2.47 bits per heavy atom. The number of carboxylic acid groups (broad SMARTS) is 1. The van der Waals surface area contributed by atoms with Crippen molar-refractivity contribution in [3.63, 3.8) is 0 Å². The van der Waals surface area contributed by atoms with Crippen LogP contribution in [0.25, 0.3) is 0 Å². The van der Waals surface area contributed by atoms with Crippen LogP contribution in [0, 0.1) is 10.5 Å². The minimum absolute atomic E-state index is 0.0173. The molecule has 5 nitrogen and oxygen atoms in total. The average Bonchev–Trinajstić information content (AvgIpc) is 2.71. The molecule has 98 valence electrons. The number of hydrogen-bond donors (Lipinski definition) is 3. The predicted octanol–water partition coefficient (Wildman–Crippen LogP) is 2.88. The fraction of sp³-hybridized carbons (Fsp3) is 0.0769. The number of hydrogen-bond acceptors (Lipinski definition) is 2. The lowest BCUT2D eigenvalue weighted by molar-refractivity contribution is 0.0692. The molecule has 2 aromatic rings. The van der Waals surface area contributed by atoms with Crippen LogP contribution in [-0.2, 0) is 0 Å². The van der Waals surface area contributed by atoms with Gasteiger partial charge in [-0.05, 0) is 59.8 Å². The van der Waals surface area contributed by atoms with E-state index in [0.29, 0.717) is 11.3 Å². The molecule has 6 heteroatoms. The zero-order valence-corrected chi connectivity index (χ0v) is 12.2. The van der Waals surface area contributed by atoms with Crippen molar-refractivity contribution < 1.29 is 14.7 Å². The van der Waals surface area contributed by atoms with E-state index in [2.05, 4.69) is 32.9 Å². The molecule has 0 spiro atoms. The van der Waals surface area contributed by atoms with Gasteiger partial charge in [-0.15, -0.1) is 0 Å². The van der Waals surface area contributed by atoms with Gasteiger partial charge in [-0.25, -0.2) is 4.79 Å². The summed E-state index contributed by atoms with van der Waals surface area (Å²) in [7, 11) is 0. The van der Waals surface area contributed by atoms with Gasteiger partial charge in [0.1, 0.15) is 5.69 Å². The summed E-state index contributed by atoms with van der Waals surface area (Å²) in [4.78, 5) is 25.7. The number of H-pyrrole nitrogens is 1. The number of aromatic carboxylic acids is 1. The van der Waals surface area contributed by atoms with E-state index in [1.54, 1.807) is 25.1 Å². The summed E-state index contributed by atoms with van der Waals surface area (Å²) in [6.45, 7) is 1.73. The first-order valence-corrected chi connectivity index (χ1v) is 6.55. The maximum atomic E-state index is 12.0. The molecule has 0 unspecified atom stereocenters. The Kier molecular flexibility index (Phi) is 3.89. The van der Waals surface area contributed by atoms with E-state index in [4.69, 9.17) is 5.11 Å². The number of aromatic nitrogens is 1. The number of carboxylic acids is 1. The van der Waals surface area contributed by atoms with Gasteiger partial charge in [0, 0.05) is 14.8 Å². The van der Waals surface area contributed by atoms with Gasteiger partial charge in [0.2, 0.25) is 0 Å². The van der Waals surface area contributed by atoms with Gasteiger partial charge in [0.25, 0.3) is 5.91 Å². The van der Waals surface area contributed by atoms with Crippen LogP contribution in [0.5, 0.6) is 0 Å². The first kappa shape index (κ1) is 13.6. The average molecular weight is 370 g/mol. The Morgan fingerprint density at radius 1 is 1.26 bits per heavy atom. The van der Waals surface area contributed by atoms with E-state index in [0.717, 1.165) is 3.57 Å². The lowest BCUT2D eigenvalue weighted by atomic mass is 10.2. The molecule has 2 rings (SSSR count). The number of carbonyl (C=O) groups is 2. The number of rotatable bonds is 3. The van der Waals surface area contributed by atoms with Crippen LogP contribution >= 0.6 is 22.6 Å². The minimum Gasteiger partial charge on any atom is -0.477 e. The van der Waals surface area contributed by atoms with Gasteiger partial charge >= 0.3 is 5.97 Å². The molecular weight excluding hydrogens is 359 g/mol. The third kappa shape index (κ3) is 3.14. The van der Waals surface area contributed by atoms with E-state index in [-0.39, 0.29) is 17.3 Å². The Labute approximate surface area is 123 Å². The summed E-state index contributed by atoms with van der Waals surface area (Å²) in [5.74, 6) is -1.44. The standard InChI is InChI=1S/C13H11IN2O3/c1-7-6-10(11(15-7)13(18)19)16-12(17)8-2-4-9(14)5-3-8/h2-6,15H,1H3,(H,16,17)(H,18,19). The molecule has 0 saturated heterocycles. The smallest absolute Gasteiger partial charge is 0.354 e. The number of carbonyl (C=O) groups excluding carboxylic acids is 1. The highest BCUT2D eigenvalue weighted by molar-refractivity contribution is 14.1. The molecule has 1 aromatic carbocycles. The number of anilines is 1. The molecule has 1 amide bonds. The molecule has 0 aliphatic carbocycles. The zero-order chi connectivity index (χ0) is 14.0. The fourth-order valence-corrected chi connectivity index (χ4v) is 2.01. The summed E-state index contributed by atoms with van der Waals surface area (Å²) in [6.07, 6.45) is 0. The molecule has 19 heavy (non-hydrogen) atoms. The van der Waals surface area contributed by atoms with Gasteiger partial charge in [-0.2, -0.15) is 0 Å². The van der Waals surface area contributed by atoms with Gasteiger partial charge in [0.15, 0.2) is 0 Å². The second kappa shape index (κ2) is 5.43. The number of benzene rings is 1. The molecule has 0 bridgehead atoms. The molecule has 0 aliphatic heterocycles. The fourth-order valence-electron chi connectivity index (χ4n) is 1.65. The summed E-state index contributed by atoms with van der Waals surface area (Å²) < 4.78 is 1.03. The Morgan fingerprint density at radius 2 is 1.89 bits per heavy atom. The number of halogens is 1. The maximum Gasteiger partial charge on any atom is 0.354 e. The summed E-state index contributed by atoms with van der Waals surface area (Å²) in [5, 5.41) is 11.6. The van der Waals surface area contributed by atoms with Crippen LogP contribution in [0.1, 0.15) is 26.5 Å². The van der Waals surface area contributed by atoms with Crippen molar-refractivity contribution in [2.45, 2.75) is 6.92 Å². The van der Waals surface area contributed by atoms with Crippen LogP contribution in [0.4, 0.5) is 5.69 Å². The van der Waals surface area contributed by atoms with Crippen molar-refractivity contribution in [1.82, 2.24) is 4.98 Å². The molecule has 0 saturated carbocycles. The predicted molar refractivity (Wildman–Crippen MR) is 79.6 cm³/mol. The molecule has 3 N–H and O–H groups in total. The number of aromatic amines is 1. The molecule has 0 aliphatic rings. The third-order valence-corrected chi connectivity index (χ3v) is 3.24. The highest BCUT2D eigenvalue weighted by atomic mass is 127. The molecule has 1 heterocycles. The Balaban J connectivity index is 2.24. The van der Waals surface area contributed by atoms with E-state index in [9.17, 15) is 9.59 Å². The van der Waals surface area contributed by atoms with Crippen LogP contribution < -0.4 is 5.32 Å². The van der Waals surface area contributed by atoms with Crippen molar-refractivity contribution in [1.29, 1.82) is 0 Å². The topological polar surface area (TPSA) is 82.2 Å². The monoisotopic (exact) mass is 370 g/mol. The molecule has 0 radical (unpaired) electrons. The summed E-state index contributed by atoms with van der Waals surface area (Å²) in [5.41, 5.74) is 1.41. The first-order chi connectivity index (χ1) is 8.97. The minimum atomic E-state index is -1.11. The Bertz CT molecular complexity index is 632. The van der Waals surface area contributed by atoms with Crippen molar-refractivity contribution in [3.05, 3.63) is 50.9 Å². The van der Waals surface area contributed by atoms with Crippen LogP contribution in [-0.4, -0.2) is 22.0 Å². The van der Waals surface area contributed by atoms with Gasteiger partial charge < -0.3 is 15.4 Å². The van der Waals surface area contributed by atoms with Crippen molar-refractivity contribution in [2.75, 3.05) is 5.32 Å². The molecule has 0 fully saturated rings. The van der Waals surface area contributed by atoms with Crippen LogP contribution in [0.15, 0.2) is 30.3 Å². The van der Waals surface area contributed by atoms with Crippen LogP contribution in [0.3, 0.4) is 0 Å². The quantitative estimate of drug-likeness (QED) is 0.727. The Hall–Kier alpha value is -1.83.